The van der Waals surface area contributed by atoms with Crippen molar-refractivity contribution in [1.29, 1.82) is 0 Å². The molecule has 0 N–H and O–H groups in total. The molecule has 1 aromatic rings. The van der Waals surface area contributed by atoms with Crippen molar-refractivity contribution >= 4 is 34.7 Å². The summed E-state index contributed by atoms with van der Waals surface area (Å²) in [5, 5.41) is -0.243. The zero-order valence-corrected chi connectivity index (χ0v) is 14.5. The third-order valence-electron chi connectivity index (χ3n) is 4.06. The molecule has 0 aliphatic carbocycles. The second-order valence-electron chi connectivity index (χ2n) is 5.73. The molecule has 2 saturated heterocycles. The van der Waals surface area contributed by atoms with Crippen LogP contribution in [0.1, 0.15) is 11.1 Å². The number of thioether (sulfide) groups is 1. The van der Waals surface area contributed by atoms with Crippen molar-refractivity contribution in [2.24, 2.45) is 0 Å². The van der Waals surface area contributed by atoms with Crippen molar-refractivity contribution in [2.75, 3.05) is 37.7 Å². The van der Waals surface area contributed by atoms with Crippen LogP contribution < -0.4 is 4.90 Å². The number of benzene rings is 1. The van der Waals surface area contributed by atoms with Crippen molar-refractivity contribution in [3.63, 3.8) is 0 Å². The largest absolute Gasteiger partial charge is 0.378 e. The number of morpholine rings is 1. The molecule has 126 valence electrons. The topological polar surface area (TPSA) is 49.9 Å². The lowest BCUT2D eigenvalue weighted by Crippen LogP contribution is -2.36. The van der Waals surface area contributed by atoms with Crippen LogP contribution in [-0.4, -0.2) is 48.9 Å². The molecule has 0 unspecified atom stereocenters. The van der Waals surface area contributed by atoms with Gasteiger partial charge in [0.25, 0.3) is 11.1 Å². The maximum absolute atomic E-state index is 12.3. The summed E-state index contributed by atoms with van der Waals surface area (Å²) in [6.45, 7) is 9.16. The Hall–Kier alpha value is -2.05. The first-order valence-electron chi connectivity index (χ1n) is 7.90. The summed E-state index contributed by atoms with van der Waals surface area (Å²) in [6.07, 6.45) is 3.34. The van der Waals surface area contributed by atoms with E-state index in [0.717, 1.165) is 49.2 Å². The lowest BCUT2D eigenvalue weighted by Gasteiger charge is -2.30. The van der Waals surface area contributed by atoms with Crippen LogP contribution in [0.15, 0.2) is 35.8 Å². The highest BCUT2D eigenvalue weighted by Gasteiger charge is 2.34. The summed E-state index contributed by atoms with van der Waals surface area (Å²) < 4.78 is 5.39. The Kier molecular flexibility index (Phi) is 5.06. The van der Waals surface area contributed by atoms with Crippen molar-refractivity contribution in [2.45, 2.75) is 6.92 Å². The van der Waals surface area contributed by atoms with Crippen LogP contribution in [0.3, 0.4) is 0 Å². The Morgan fingerprint density at radius 1 is 1.29 bits per heavy atom. The first-order valence-corrected chi connectivity index (χ1v) is 8.71. The smallest absolute Gasteiger partial charge is 0.293 e. The molecule has 5 nitrogen and oxygen atoms in total. The average molecular weight is 344 g/mol. The Balaban J connectivity index is 1.80. The molecule has 6 heteroatoms. The van der Waals surface area contributed by atoms with E-state index < -0.39 is 0 Å². The third-order valence-corrected chi connectivity index (χ3v) is 4.96. The SMILES string of the molecule is C=CCN1C(=O)S/C(=C/c2ccc(N3CCOCC3)c(C)c2)C1=O. The second kappa shape index (κ2) is 7.23. The van der Waals surface area contributed by atoms with Gasteiger partial charge in [0.2, 0.25) is 0 Å². The normalized spacial score (nSPS) is 20.1. The van der Waals surface area contributed by atoms with E-state index in [1.165, 1.54) is 10.6 Å². The van der Waals surface area contributed by atoms with Gasteiger partial charge in [0.05, 0.1) is 18.1 Å². The van der Waals surface area contributed by atoms with E-state index in [4.69, 9.17) is 4.74 Å². The van der Waals surface area contributed by atoms with Gasteiger partial charge in [-0.15, -0.1) is 6.58 Å². The highest BCUT2D eigenvalue weighted by atomic mass is 32.2. The maximum atomic E-state index is 12.3. The molecule has 0 aromatic heterocycles. The number of carbonyl (C=O) groups is 2. The minimum atomic E-state index is -0.250. The molecule has 3 rings (SSSR count). The van der Waals surface area contributed by atoms with Gasteiger partial charge in [-0.3, -0.25) is 14.5 Å². The highest BCUT2D eigenvalue weighted by Crippen LogP contribution is 2.33. The molecule has 1 aromatic carbocycles. The molecule has 2 fully saturated rings. The fraction of sp³-hybridized carbons (Fsp3) is 0.333. The number of rotatable bonds is 4. The summed E-state index contributed by atoms with van der Waals surface area (Å²) in [6, 6.07) is 6.10. The van der Waals surface area contributed by atoms with Gasteiger partial charge >= 0.3 is 0 Å². The maximum Gasteiger partial charge on any atom is 0.293 e. The number of ether oxygens (including phenoxy) is 1. The minimum Gasteiger partial charge on any atom is -0.378 e. The second-order valence-corrected chi connectivity index (χ2v) is 6.72. The van der Waals surface area contributed by atoms with Crippen LogP contribution in [0.2, 0.25) is 0 Å². The molecule has 2 aliphatic heterocycles. The zero-order chi connectivity index (χ0) is 17.1. The van der Waals surface area contributed by atoms with E-state index in [9.17, 15) is 9.59 Å². The van der Waals surface area contributed by atoms with Crippen molar-refractivity contribution in [3.8, 4) is 0 Å². The molecule has 0 atom stereocenters. The monoisotopic (exact) mass is 344 g/mol. The number of hydrogen-bond donors (Lipinski definition) is 0. The summed E-state index contributed by atoms with van der Waals surface area (Å²) in [4.78, 5) is 28.1. The Bertz CT molecular complexity index is 708. The molecule has 2 aliphatic rings. The molecule has 0 bridgehead atoms. The summed E-state index contributed by atoms with van der Waals surface area (Å²) in [5.41, 5.74) is 3.26. The number of anilines is 1. The predicted octanol–water partition coefficient (Wildman–Crippen LogP) is 3.05. The van der Waals surface area contributed by atoms with Gasteiger partial charge in [-0.05, 0) is 48.0 Å². The third kappa shape index (κ3) is 3.39. The number of carbonyl (C=O) groups excluding carboxylic acids is 2. The van der Waals surface area contributed by atoms with E-state index in [2.05, 4.69) is 24.5 Å². The lowest BCUT2D eigenvalue weighted by molar-refractivity contribution is -0.122. The Morgan fingerprint density at radius 2 is 2.04 bits per heavy atom. The van der Waals surface area contributed by atoms with Crippen molar-refractivity contribution < 1.29 is 14.3 Å². The van der Waals surface area contributed by atoms with Crippen LogP contribution in [0.5, 0.6) is 0 Å². The lowest BCUT2D eigenvalue weighted by atomic mass is 10.1. The van der Waals surface area contributed by atoms with Crippen LogP contribution in [0.4, 0.5) is 10.5 Å². The number of hydrogen-bond acceptors (Lipinski definition) is 5. The number of nitrogens with zero attached hydrogens (tertiary/aromatic N) is 2. The van der Waals surface area contributed by atoms with Gasteiger partial charge < -0.3 is 9.64 Å². The van der Waals surface area contributed by atoms with Gasteiger partial charge in [-0.25, -0.2) is 0 Å². The van der Waals surface area contributed by atoms with E-state index in [-0.39, 0.29) is 17.7 Å². The van der Waals surface area contributed by atoms with Gasteiger partial charge in [-0.1, -0.05) is 12.1 Å². The quantitative estimate of drug-likeness (QED) is 0.621. The summed E-state index contributed by atoms with van der Waals surface area (Å²) in [5.74, 6) is -0.250. The molecule has 0 radical (unpaired) electrons. The summed E-state index contributed by atoms with van der Waals surface area (Å²) >= 11 is 0.979. The highest BCUT2D eigenvalue weighted by molar-refractivity contribution is 8.18. The molecular weight excluding hydrogens is 324 g/mol. The fourth-order valence-corrected chi connectivity index (χ4v) is 3.71. The summed E-state index contributed by atoms with van der Waals surface area (Å²) in [7, 11) is 0. The van der Waals surface area contributed by atoms with E-state index in [1.807, 2.05) is 12.1 Å². The average Bonchev–Trinajstić information content (AvgIpc) is 2.84. The van der Waals surface area contributed by atoms with Gasteiger partial charge in [0.1, 0.15) is 0 Å². The molecule has 2 amide bonds. The predicted molar refractivity (Wildman–Crippen MR) is 97.1 cm³/mol. The standard InChI is InChI=1S/C18H20N2O3S/c1-3-6-20-17(21)16(24-18(20)22)12-14-4-5-15(13(2)11-14)19-7-9-23-10-8-19/h3-5,11-12H,1,6-10H2,2H3/b16-12+. The Labute approximate surface area is 145 Å². The molecular formula is C18H20N2O3S. The zero-order valence-electron chi connectivity index (χ0n) is 13.7. The van der Waals surface area contributed by atoms with E-state index >= 15 is 0 Å². The molecule has 2 heterocycles. The molecule has 24 heavy (non-hydrogen) atoms. The van der Waals surface area contributed by atoms with Gasteiger partial charge in [0.15, 0.2) is 0 Å². The molecule has 0 spiro atoms. The van der Waals surface area contributed by atoms with Crippen LogP contribution in [0, 0.1) is 6.92 Å². The minimum absolute atomic E-state index is 0.243. The number of aryl methyl sites for hydroxylation is 1. The van der Waals surface area contributed by atoms with Gasteiger partial charge in [-0.2, -0.15) is 0 Å². The van der Waals surface area contributed by atoms with Gasteiger partial charge in [0, 0.05) is 25.3 Å². The number of amides is 2. The first kappa shape index (κ1) is 16.8. The first-order chi connectivity index (χ1) is 11.6. The van der Waals surface area contributed by atoms with E-state index in [0.29, 0.717) is 4.91 Å². The van der Waals surface area contributed by atoms with Crippen molar-refractivity contribution in [3.05, 3.63) is 46.9 Å². The molecule has 0 saturated carbocycles. The fourth-order valence-electron chi connectivity index (χ4n) is 2.87. The van der Waals surface area contributed by atoms with E-state index in [1.54, 1.807) is 12.2 Å². The number of imide groups is 1. The Morgan fingerprint density at radius 3 is 2.71 bits per heavy atom. The van der Waals surface area contributed by atoms with Crippen molar-refractivity contribution in [1.82, 2.24) is 4.90 Å². The van der Waals surface area contributed by atoms with Crippen LogP contribution in [0.25, 0.3) is 6.08 Å². The van der Waals surface area contributed by atoms with Crippen LogP contribution in [-0.2, 0) is 9.53 Å². The van der Waals surface area contributed by atoms with Crippen LogP contribution >= 0.6 is 11.8 Å².